The molecule has 1 aromatic heterocycles. The van der Waals surface area contributed by atoms with Crippen LogP contribution in [0, 0.1) is 22.6 Å². The van der Waals surface area contributed by atoms with Crippen LogP contribution in [0.3, 0.4) is 0 Å². The largest absolute Gasteiger partial charge is 0.350 e. The van der Waals surface area contributed by atoms with Gasteiger partial charge in [0.2, 0.25) is 11.8 Å². The lowest BCUT2D eigenvalue weighted by atomic mass is 9.77. The molecule has 0 spiro atoms. The van der Waals surface area contributed by atoms with Gasteiger partial charge in [0, 0.05) is 17.4 Å². The van der Waals surface area contributed by atoms with E-state index in [1.807, 2.05) is 41.5 Å². The van der Waals surface area contributed by atoms with Crippen LogP contribution in [0.15, 0.2) is 24.3 Å². The van der Waals surface area contributed by atoms with Crippen molar-refractivity contribution >= 4 is 34.9 Å². The number of likely N-dealkylation sites (tertiary alicyclic amines) is 1. The highest BCUT2D eigenvalue weighted by Gasteiger charge is 2.53. The molecule has 1 saturated heterocycles. The van der Waals surface area contributed by atoms with Crippen LogP contribution in [-0.2, 0) is 14.4 Å². The molecule has 8 nitrogen and oxygen atoms in total. The van der Waals surface area contributed by atoms with Crippen molar-refractivity contribution in [3.05, 3.63) is 35.8 Å². The number of amides is 3. The van der Waals surface area contributed by atoms with Gasteiger partial charge in [0.25, 0.3) is 5.91 Å². The molecule has 1 aromatic carbocycles. The lowest BCUT2D eigenvalue weighted by molar-refractivity contribution is -0.144. The number of nitrogens with one attached hydrogen (secondary N) is 3. The van der Waals surface area contributed by atoms with E-state index in [1.54, 1.807) is 19.1 Å². The van der Waals surface area contributed by atoms with Gasteiger partial charge >= 0.3 is 0 Å². The molecule has 0 aliphatic carbocycles. The van der Waals surface area contributed by atoms with Crippen LogP contribution in [0.2, 0.25) is 0 Å². The fraction of sp³-hybridized carbons (Fsp3) is 0.538. The Balaban J connectivity index is 1.92. The van der Waals surface area contributed by atoms with E-state index in [0.29, 0.717) is 18.3 Å². The van der Waals surface area contributed by atoms with Crippen LogP contribution in [0.1, 0.15) is 59.0 Å². The number of aromatic amines is 1. The van der Waals surface area contributed by atoms with Crippen molar-refractivity contribution in [2.45, 2.75) is 66.6 Å². The zero-order valence-corrected chi connectivity index (χ0v) is 21.4. The van der Waals surface area contributed by atoms with Crippen molar-refractivity contribution in [1.82, 2.24) is 20.5 Å². The van der Waals surface area contributed by atoms with Gasteiger partial charge in [-0.2, -0.15) is 0 Å². The lowest BCUT2D eigenvalue weighted by Gasteiger charge is -2.38. The minimum Gasteiger partial charge on any atom is -0.350 e. The normalized spacial score (nSPS) is 21.4. The molecule has 3 amide bonds. The van der Waals surface area contributed by atoms with Crippen LogP contribution < -0.4 is 10.6 Å². The van der Waals surface area contributed by atoms with Gasteiger partial charge in [-0.15, -0.1) is 0 Å². The summed E-state index contributed by atoms with van der Waals surface area (Å²) >= 11 is 0. The zero-order valence-electron chi connectivity index (χ0n) is 21.4. The van der Waals surface area contributed by atoms with E-state index >= 15 is 0 Å². The van der Waals surface area contributed by atoms with Crippen LogP contribution in [0.4, 0.5) is 4.39 Å². The maximum atomic E-state index is 14.1. The molecule has 35 heavy (non-hydrogen) atoms. The second kappa shape index (κ2) is 9.43. The summed E-state index contributed by atoms with van der Waals surface area (Å²) in [6, 6.07) is 3.49. The van der Waals surface area contributed by atoms with Gasteiger partial charge in [0.05, 0.1) is 6.04 Å². The Morgan fingerprint density at radius 1 is 1.23 bits per heavy atom. The molecule has 3 N–H and O–H groups in total. The number of aldehydes is 1. The van der Waals surface area contributed by atoms with Crippen molar-refractivity contribution in [1.29, 1.82) is 0 Å². The van der Waals surface area contributed by atoms with Gasteiger partial charge in [-0.1, -0.05) is 47.6 Å². The standard InChI is InChI=1S/C26H35FN4O4/c1-14-12-31(21(26(14,6)7)23(34)28-15(2)13-32)24(35)20(25(3,4)5)30-22(33)19-11-16-17(27)9-8-10-18(16)29-19/h8-11,13-15,20-21,29H,12H2,1-7H3,(H,28,34)(H,30,33)/t14-,15?,20-,21-/m1/s1. The zero-order chi connectivity index (χ0) is 26.3. The van der Waals surface area contributed by atoms with E-state index in [4.69, 9.17) is 0 Å². The van der Waals surface area contributed by atoms with Gasteiger partial charge in [-0.3, -0.25) is 14.4 Å². The Hall–Kier alpha value is -3.23. The third-order valence-corrected chi connectivity index (χ3v) is 7.11. The third-order valence-electron chi connectivity index (χ3n) is 7.11. The lowest BCUT2D eigenvalue weighted by Crippen LogP contribution is -2.60. The Bertz CT molecular complexity index is 1150. The van der Waals surface area contributed by atoms with Crippen molar-refractivity contribution < 1.29 is 23.6 Å². The quantitative estimate of drug-likeness (QED) is 0.545. The molecule has 1 aliphatic heterocycles. The fourth-order valence-electron chi connectivity index (χ4n) is 4.60. The maximum absolute atomic E-state index is 14.1. The molecular weight excluding hydrogens is 451 g/mol. The molecule has 4 atom stereocenters. The number of carbonyl (C=O) groups is 4. The molecule has 1 fully saturated rings. The molecule has 2 aromatic rings. The van der Waals surface area contributed by atoms with E-state index < -0.39 is 46.6 Å². The predicted octanol–water partition coefficient (Wildman–Crippen LogP) is 3.03. The molecule has 3 rings (SSSR count). The predicted molar refractivity (Wildman–Crippen MR) is 131 cm³/mol. The summed E-state index contributed by atoms with van der Waals surface area (Å²) in [6.45, 7) is 13.2. The molecule has 1 unspecified atom stereocenters. The number of carbonyl (C=O) groups excluding carboxylic acids is 4. The first-order chi connectivity index (χ1) is 16.2. The smallest absolute Gasteiger partial charge is 0.268 e. The molecule has 0 radical (unpaired) electrons. The molecule has 2 heterocycles. The third kappa shape index (κ3) is 5.09. The second-order valence-electron chi connectivity index (χ2n) is 11.2. The number of halogens is 1. The number of H-pyrrole nitrogens is 1. The van der Waals surface area contributed by atoms with Gasteiger partial charge in [-0.25, -0.2) is 4.39 Å². The number of rotatable bonds is 6. The highest BCUT2D eigenvalue weighted by atomic mass is 19.1. The van der Waals surface area contributed by atoms with Crippen LogP contribution in [-0.4, -0.2) is 58.6 Å². The molecule has 1 aliphatic rings. The van der Waals surface area contributed by atoms with Gasteiger partial charge in [-0.05, 0) is 41.9 Å². The first-order valence-electron chi connectivity index (χ1n) is 11.8. The Labute approximate surface area is 205 Å². The van der Waals surface area contributed by atoms with Crippen LogP contribution >= 0.6 is 0 Å². The maximum Gasteiger partial charge on any atom is 0.268 e. The van der Waals surface area contributed by atoms with E-state index in [2.05, 4.69) is 15.6 Å². The van der Waals surface area contributed by atoms with Crippen molar-refractivity contribution in [2.75, 3.05) is 6.54 Å². The summed E-state index contributed by atoms with van der Waals surface area (Å²) in [7, 11) is 0. The van der Waals surface area contributed by atoms with Gasteiger partial charge in [0.1, 0.15) is 29.9 Å². The highest BCUT2D eigenvalue weighted by Crippen LogP contribution is 2.42. The minimum atomic E-state index is -0.953. The summed E-state index contributed by atoms with van der Waals surface area (Å²) in [4.78, 5) is 55.7. The summed E-state index contributed by atoms with van der Waals surface area (Å²) in [5.41, 5.74) is -0.623. The number of fused-ring (bicyclic) bond motifs is 1. The first-order valence-corrected chi connectivity index (χ1v) is 11.8. The van der Waals surface area contributed by atoms with Crippen molar-refractivity contribution in [3.8, 4) is 0 Å². The van der Waals surface area contributed by atoms with Crippen molar-refractivity contribution in [3.63, 3.8) is 0 Å². The van der Waals surface area contributed by atoms with E-state index in [-0.39, 0.29) is 22.9 Å². The Morgan fingerprint density at radius 3 is 2.46 bits per heavy atom. The molecule has 190 valence electrons. The second-order valence-corrected chi connectivity index (χ2v) is 11.2. The minimum absolute atomic E-state index is 0.00161. The average molecular weight is 487 g/mol. The number of aromatic nitrogens is 1. The van der Waals surface area contributed by atoms with Gasteiger partial charge < -0.3 is 25.3 Å². The molecular formula is C26H35FN4O4. The molecule has 0 bridgehead atoms. The summed E-state index contributed by atoms with van der Waals surface area (Å²) in [5, 5.41) is 5.77. The van der Waals surface area contributed by atoms with Crippen LogP contribution in [0.25, 0.3) is 10.9 Å². The Morgan fingerprint density at radius 2 is 1.89 bits per heavy atom. The summed E-state index contributed by atoms with van der Waals surface area (Å²) in [6.07, 6.45) is 0.636. The number of hydrogen-bond acceptors (Lipinski definition) is 4. The number of nitrogens with zero attached hydrogens (tertiary/aromatic N) is 1. The number of hydrogen-bond donors (Lipinski definition) is 3. The number of benzene rings is 1. The van der Waals surface area contributed by atoms with E-state index in [1.165, 1.54) is 17.0 Å². The van der Waals surface area contributed by atoms with E-state index in [0.717, 1.165) is 0 Å². The molecule has 0 saturated carbocycles. The SMILES string of the molecule is CC(C=O)NC(=O)[C@H]1N(C(=O)[C@@H](NC(=O)c2cc3c(F)cccc3[nH]2)C(C)(C)C)C[C@@H](C)C1(C)C. The highest BCUT2D eigenvalue weighted by molar-refractivity contribution is 6.01. The van der Waals surface area contributed by atoms with Gasteiger partial charge in [0.15, 0.2) is 0 Å². The topological polar surface area (TPSA) is 111 Å². The monoisotopic (exact) mass is 486 g/mol. The van der Waals surface area contributed by atoms with E-state index in [9.17, 15) is 23.6 Å². The first kappa shape index (κ1) is 26.4. The fourth-order valence-corrected chi connectivity index (χ4v) is 4.60. The molecule has 9 heteroatoms. The van der Waals surface area contributed by atoms with Crippen LogP contribution in [0.5, 0.6) is 0 Å². The van der Waals surface area contributed by atoms with Crippen molar-refractivity contribution in [2.24, 2.45) is 16.7 Å². The summed E-state index contributed by atoms with van der Waals surface area (Å²) < 4.78 is 14.1. The Kier molecular flexibility index (Phi) is 7.11. The summed E-state index contributed by atoms with van der Waals surface area (Å²) in [5.74, 6) is -1.78. The average Bonchev–Trinajstić information content (AvgIpc) is 3.30.